The van der Waals surface area contributed by atoms with E-state index >= 15 is 0 Å². The molecule has 64 valence electrons. The number of nitrogens with two attached hydrogens (primary N) is 1. The van der Waals surface area contributed by atoms with Crippen LogP contribution in [-0.4, -0.2) is 31.6 Å². The standard InChI is InChI=1S/C8H17N3/c1-8(6-10)7-11(2)5-3-4-9/h8H,3-5,7,9H2,1-2H3. The first kappa shape index (κ1) is 10.4. The third-order valence-corrected chi connectivity index (χ3v) is 1.55. The summed E-state index contributed by atoms with van der Waals surface area (Å²) in [4.78, 5) is 2.14. The van der Waals surface area contributed by atoms with Crippen molar-refractivity contribution in [2.24, 2.45) is 11.7 Å². The maximum Gasteiger partial charge on any atom is 0.0666 e. The van der Waals surface area contributed by atoms with E-state index in [4.69, 9.17) is 11.0 Å². The molecule has 1 atom stereocenters. The second-order valence-corrected chi connectivity index (χ2v) is 2.93. The van der Waals surface area contributed by atoms with Crippen LogP contribution in [0.3, 0.4) is 0 Å². The van der Waals surface area contributed by atoms with Crippen molar-refractivity contribution in [3.05, 3.63) is 0 Å². The molecule has 3 heteroatoms. The quantitative estimate of drug-likeness (QED) is 0.626. The number of hydrogen-bond donors (Lipinski definition) is 1. The molecule has 0 aliphatic rings. The first-order valence-corrected chi connectivity index (χ1v) is 3.99. The summed E-state index contributed by atoms with van der Waals surface area (Å²) >= 11 is 0. The molecule has 0 rings (SSSR count). The smallest absolute Gasteiger partial charge is 0.0666 e. The number of nitrogens with zero attached hydrogens (tertiary/aromatic N) is 2. The van der Waals surface area contributed by atoms with Gasteiger partial charge in [-0.25, -0.2) is 0 Å². The molecule has 0 spiro atoms. The van der Waals surface area contributed by atoms with Crippen molar-refractivity contribution in [3.8, 4) is 6.07 Å². The summed E-state index contributed by atoms with van der Waals surface area (Å²) in [6.45, 7) is 4.49. The highest BCUT2D eigenvalue weighted by Crippen LogP contribution is 1.95. The maximum atomic E-state index is 8.51. The minimum atomic E-state index is 0.123. The van der Waals surface area contributed by atoms with Gasteiger partial charge in [0.05, 0.1) is 12.0 Å². The third-order valence-electron chi connectivity index (χ3n) is 1.55. The Morgan fingerprint density at radius 2 is 2.27 bits per heavy atom. The molecule has 0 radical (unpaired) electrons. The zero-order valence-electron chi connectivity index (χ0n) is 7.38. The van der Waals surface area contributed by atoms with Crippen LogP contribution >= 0.6 is 0 Å². The van der Waals surface area contributed by atoms with E-state index in [9.17, 15) is 0 Å². The van der Waals surface area contributed by atoms with E-state index in [1.807, 2.05) is 14.0 Å². The average Bonchev–Trinajstić information content (AvgIpc) is 2.00. The van der Waals surface area contributed by atoms with Crippen LogP contribution in [0.5, 0.6) is 0 Å². The van der Waals surface area contributed by atoms with Crippen LogP contribution in [0.4, 0.5) is 0 Å². The van der Waals surface area contributed by atoms with Gasteiger partial charge < -0.3 is 10.6 Å². The zero-order valence-corrected chi connectivity index (χ0v) is 7.38. The van der Waals surface area contributed by atoms with Gasteiger partial charge in [0.2, 0.25) is 0 Å². The summed E-state index contributed by atoms with van der Waals surface area (Å²) in [7, 11) is 2.02. The first-order valence-electron chi connectivity index (χ1n) is 3.99. The molecule has 0 fully saturated rings. The molecule has 0 aromatic heterocycles. The second-order valence-electron chi connectivity index (χ2n) is 2.93. The largest absolute Gasteiger partial charge is 0.330 e. The Morgan fingerprint density at radius 3 is 2.73 bits per heavy atom. The minimum absolute atomic E-state index is 0.123. The van der Waals surface area contributed by atoms with Crippen LogP contribution in [0, 0.1) is 17.2 Å². The van der Waals surface area contributed by atoms with Crippen molar-refractivity contribution >= 4 is 0 Å². The Hall–Kier alpha value is -0.590. The highest BCUT2D eigenvalue weighted by Gasteiger charge is 2.03. The predicted molar refractivity (Wildman–Crippen MR) is 45.9 cm³/mol. The number of nitriles is 1. The van der Waals surface area contributed by atoms with Crippen molar-refractivity contribution in [1.29, 1.82) is 5.26 Å². The van der Waals surface area contributed by atoms with Crippen molar-refractivity contribution in [2.45, 2.75) is 13.3 Å². The van der Waals surface area contributed by atoms with Gasteiger partial charge in [-0.15, -0.1) is 0 Å². The molecule has 0 aromatic carbocycles. The van der Waals surface area contributed by atoms with Gasteiger partial charge in [-0.3, -0.25) is 0 Å². The van der Waals surface area contributed by atoms with Crippen LogP contribution in [0.15, 0.2) is 0 Å². The Labute approximate surface area is 68.8 Å². The van der Waals surface area contributed by atoms with E-state index < -0.39 is 0 Å². The molecule has 0 bridgehead atoms. The van der Waals surface area contributed by atoms with Gasteiger partial charge in [0, 0.05) is 6.54 Å². The maximum absolute atomic E-state index is 8.51. The van der Waals surface area contributed by atoms with Crippen LogP contribution in [0.2, 0.25) is 0 Å². The summed E-state index contributed by atoms with van der Waals surface area (Å²) in [6.07, 6.45) is 1.01. The molecule has 0 aliphatic carbocycles. The summed E-state index contributed by atoms with van der Waals surface area (Å²) in [6, 6.07) is 2.20. The average molecular weight is 155 g/mol. The fourth-order valence-electron chi connectivity index (χ4n) is 0.961. The predicted octanol–water partition coefficient (Wildman–Crippen LogP) is 0.427. The summed E-state index contributed by atoms with van der Waals surface area (Å²) in [5.41, 5.74) is 5.35. The molecular formula is C8H17N3. The highest BCUT2D eigenvalue weighted by atomic mass is 15.1. The third kappa shape index (κ3) is 5.84. The highest BCUT2D eigenvalue weighted by molar-refractivity contribution is 4.80. The lowest BCUT2D eigenvalue weighted by molar-refractivity contribution is 0.308. The van der Waals surface area contributed by atoms with Crippen LogP contribution < -0.4 is 5.73 Å². The van der Waals surface area contributed by atoms with Gasteiger partial charge in [0.1, 0.15) is 0 Å². The lowest BCUT2D eigenvalue weighted by Crippen LogP contribution is -2.26. The molecule has 11 heavy (non-hydrogen) atoms. The van der Waals surface area contributed by atoms with E-state index in [0.29, 0.717) is 0 Å². The van der Waals surface area contributed by atoms with Gasteiger partial charge in [0.15, 0.2) is 0 Å². The van der Waals surface area contributed by atoms with Crippen LogP contribution in [0.25, 0.3) is 0 Å². The Bertz CT molecular complexity index is 128. The van der Waals surface area contributed by atoms with Gasteiger partial charge in [-0.1, -0.05) is 0 Å². The summed E-state index contributed by atoms with van der Waals surface area (Å²) in [5, 5.41) is 8.51. The number of hydrogen-bond acceptors (Lipinski definition) is 3. The fourth-order valence-corrected chi connectivity index (χ4v) is 0.961. The van der Waals surface area contributed by atoms with Crippen molar-refractivity contribution in [2.75, 3.05) is 26.7 Å². The van der Waals surface area contributed by atoms with E-state index in [1.165, 1.54) is 0 Å². The number of rotatable bonds is 5. The molecule has 0 aromatic rings. The minimum Gasteiger partial charge on any atom is -0.330 e. The normalized spacial score (nSPS) is 13.0. The van der Waals surface area contributed by atoms with E-state index in [-0.39, 0.29) is 5.92 Å². The van der Waals surface area contributed by atoms with Gasteiger partial charge in [-0.2, -0.15) is 5.26 Å². The monoisotopic (exact) mass is 155 g/mol. The lowest BCUT2D eigenvalue weighted by Gasteiger charge is -2.16. The van der Waals surface area contributed by atoms with Crippen molar-refractivity contribution in [1.82, 2.24) is 4.90 Å². The molecule has 0 saturated carbocycles. The Morgan fingerprint density at radius 1 is 1.64 bits per heavy atom. The van der Waals surface area contributed by atoms with E-state index in [2.05, 4.69) is 11.0 Å². The molecule has 2 N–H and O–H groups in total. The van der Waals surface area contributed by atoms with E-state index in [1.54, 1.807) is 0 Å². The Balaban J connectivity index is 3.37. The van der Waals surface area contributed by atoms with Gasteiger partial charge in [-0.05, 0) is 33.5 Å². The van der Waals surface area contributed by atoms with Crippen LogP contribution in [0.1, 0.15) is 13.3 Å². The second kappa shape index (κ2) is 6.14. The Kier molecular flexibility index (Phi) is 5.81. The molecular weight excluding hydrogens is 138 g/mol. The van der Waals surface area contributed by atoms with Gasteiger partial charge >= 0.3 is 0 Å². The molecule has 0 heterocycles. The van der Waals surface area contributed by atoms with Crippen molar-refractivity contribution in [3.63, 3.8) is 0 Å². The topological polar surface area (TPSA) is 53.0 Å². The fraction of sp³-hybridized carbons (Fsp3) is 0.875. The molecule has 3 nitrogen and oxygen atoms in total. The first-order chi connectivity index (χ1) is 5.20. The van der Waals surface area contributed by atoms with Crippen molar-refractivity contribution < 1.29 is 0 Å². The molecule has 0 saturated heterocycles. The molecule has 0 aliphatic heterocycles. The van der Waals surface area contributed by atoms with Crippen LogP contribution in [-0.2, 0) is 0 Å². The van der Waals surface area contributed by atoms with Gasteiger partial charge in [0.25, 0.3) is 0 Å². The summed E-state index contributed by atoms with van der Waals surface area (Å²) in [5.74, 6) is 0.123. The lowest BCUT2D eigenvalue weighted by atomic mass is 10.2. The SMILES string of the molecule is CC(C#N)CN(C)CCCN. The molecule has 0 amide bonds. The van der Waals surface area contributed by atoms with E-state index in [0.717, 1.165) is 26.1 Å². The molecule has 1 unspecified atom stereocenters. The summed E-state index contributed by atoms with van der Waals surface area (Å²) < 4.78 is 0. The zero-order chi connectivity index (χ0) is 8.69.